The summed E-state index contributed by atoms with van der Waals surface area (Å²) in [4.78, 5) is 2.08. The molecule has 0 aromatic carbocycles. The Kier molecular flexibility index (Phi) is 7.77. The van der Waals surface area contributed by atoms with E-state index in [0.29, 0.717) is 18.1 Å². The van der Waals surface area contributed by atoms with Crippen molar-refractivity contribution in [1.29, 1.82) is 4.78 Å². The molecule has 0 saturated carbocycles. The largest absolute Gasteiger partial charge is 0.306 e. The minimum atomic E-state index is -2.41. The molecule has 1 atom stereocenters. The van der Waals surface area contributed by atoms with Crippen molar-refractivity contribution in [2.24, 2.45) is 0 Å². The smallest absolute Gasteiger partial charge is 0.0467 e. The molecule has 15 heavy (non-hydrogen) atoms. The first-order valence-corrected chi connectivity index (χ1v) is 7.85. The van der Waals surface area contributed by atoms with Crippen LogP contribution in [0.4, 0.5) is 0 Å². The minimum Gasteiger partial charge on any atom is -0.306 e. The fraction of sp³-hybridized carbons (Fsp3) is 1.00. The lowest BCUT2D eigenvalue weighted by atomic mass is 10.6. The van der Waals surface area contributed by atoms with E-state index in [1.165, 1.54) is 0 Å². The van der Waals surface area contributed by atoms with E-state index in [0.717, 1.165) is 19.6 Å². The average molecular weight is 300 g/mol. The van der Waals surface area contributed by atoms with Gasteiger partial charge in [-0.2, -0.15) is 0 Å². The molecule has 4 nitrogen and oxygen atoms in total. The zero-order chi connectivity index (χ0) is 11.9. The third kappa shape index (κ3) is 8.19. The number of nitrogens with zero attached hydrogens (tertiary/aromatic N) is 2. The topological polar surface area (TPSA) is 47.4 Å². The van der Waals surface area contributed by atoms with Crippen LogP contribution in [0.3, 0.4) is 0 Å². The Morgan fingerprint density at radius 1 is 1.20 bits per heavy atom. The van der Waals surface area contributed by atoms with E-state index < -0.39 is 9.73 Å². The van der Waals surface area contributed by atoms with E-state index >= 15 is 0 Å². The van der Waals surface area contributed by atoms with Crippen LogP contribution in [0.15, 0.2) is 0 Å². The highest BCUT2D eigenvalue weighted by atomic mass is 79.9. The Morgan fingerprint density at radius 3 is 2.20 bits per heavy atom. The third-order valence-electron chi connectivity index (χ3n) is 2.35. The second-order valence-corrected chi connectivity index (χ2v) is 7.06. The molecule has 0 aliphatic heterocycles. The van der Waals surface area contributed by atoms with Crippen molar-refractivity contribution in [2.45, 2.75) is 13.8 Å². The van der Waals surface area contributed by atoms with Gasteiger partial charge < -0.3 is 4.90 Å². The van der Waals surface area contributed by atoms with Crippen LogP contribution in [-0.4, -0.2) is 57.8 Å². The Bertz CT molecular complexity index is 236. The molecular weight excluding hydrogens is 278 g/mol. The van der Waals surface area contributed by atoms with Crippen LogP contribution >= 0.6 is 16.1 Å². The third-order valence-corrected chi connectivity index (χ3v) is 4.89. The highest BCUT2D eigenvalue weighted by Gasteiger charge is 2.09. The van der Waals surface area contributed by atoms with Gasteiger partial charge in [-0.3, -0.25) is 4.78 Å². The molecule has 1 unspecified atom stereocenters. The summed E-state index contributed by atoms with van der Waals surface area (Å²) in [6.45, 7) is 7.30. The normalized spacial score (nSPS) is 15.9. The van der Waals surface area contributed by atoms with Gasteiger partial charge in [-0.1, -0.05) is 13.8 Å². The highest BCUT2D eigenvalue weighted by molar-refractivity contribution is 9.07. The number of hydrogen-bond donors (Lipinski definition) is 1. The van der Waals surface area contributed by atoms with Crippen molar-refractivity contribution in [3.63, 3.8) is 0 Å². The zero-order valence-corrected chi connectivity index (χ0v) is 12.2. The lowest BCUT2D eigenvalue weighted by molar-refractivity contribution is 0.375. The molecule has 0 fully saturated rings. The molecule has 0 bridgehead atoms. The molecule has 0 aliphatic rings. The summed E-state index contributed by atoms with van der Waals surface area (Å²) in [6, 6.07) is 0. The zero-order valence-electron chi connectivity index (χ0n) is 9.83. The van der Waals surface area contributed by atoms with Crippen LogP contribution in [0.25, 0.3) is 0 Å². The van der Waals surface area contributed by atoms with Gasteiger partial charge in [-0.25, -0.2) is 8.13 Å². The fourth-order valence-electron chi connectivity index (χ4n) is 0.968. The summed E-state index contributed by atoms with van der Waals surface area (Å²) in [5.74, 6) is 0.922. The molecule has 1 N–H and O–H groups in total. The van der Waals surface area contributed by atoms with Crippen LogP contribution < -0.4 is 0 Å². The summed E-state index contributed by atoms with van der Waals surface area (Å²) < 4.78 is 21.4. The molecule has 0 rings (SSSR count). The molecule has 6 heteroatoms. The molecule has 0 amide bonds. The van der Waals surface area contributed by atoms with Crippen LogP contribution in [0.5, 0.6) is 0 Å². The Balaban J connectivity index is 3.87. The SMILES string of the molecule is CCN(C)CCS(=N)(=O)CCN(Br)CC. The molecule has 0 heterocycles. The fourth-order valence-corrected chi connectivity index (χ4v) is 2.71. The van der Waals surface area contributed by atoms with Gasteiger partial charge in [-0.05, 0) is 13.6 Å². The van der Waals surface area contributed by atoms with Crippen molar-refractivity contribution >= 4 is 25.9 Å². The number of nitrogens with one attached hydrogen (secondary N) is 1. The maximum Gasteiger partial charge on any atom is 0.0467 e. The summed E-state index contributed by atoms with van der Waals surface area (Å²) in [5.41, 5.74) is 0. The van der Waals surface area contributed by atoms with Gasteiger partial charge in [0.15, 0.2) is 0 Å². The van der Waals surface area contributed by atoms with Gasteiger partial charge in [0.2, 0.25) is 0 Å². The molecule has 0 aromatic heterocycles. The van der Waals surface area contributed by atoms with E-state index in [2.05, 4.69) is 28.0 Å². The summed E-state index contributed by atoms with van der Waals surface area (Å²) in [7, 11) is -0.421. The van der Waals surface area contributed by atoms with Gasteiger partial charge in [0.05, 0.1) is 0 Å². The lowest BCUT2D eigenvalue weighted by Gasteiger charge is -2.16. The first-order chi connectivity index (χ1) is 6.91. The van der Waals surface area contributed by atoms with E-state index in [1.807, 2.05) is 17.9 Å². The highest BCUT2D eigenvalue weighted by Crippen LogP contribution is 2.00. The van der Waals surface area contributed by atoms with Crippen LogP contribution in [0.2, 0.25) is 0 Å². The van der Waals surface area contributed by atoms with Gasteiger partial charge in [0, 0.05) is 57.0 Å². The maximum absolute atomic E-state index is 11.8. The molecule has 0 saturated heterocycles. The predicted octanol–water partition coefficient (Wildman–Crippen LogP) is 1.62. The van der Waals surface area contributed by atoms with Crippen molar-refractivity contribution in [2.75, 3.05) is 44.7 Å². The molecule has 0 spiro atoms. The Morgan fingerprint density at radius 2 is 1.73 bits per heavy atom. The van der Waals surface area contributed by atoms with Crippen LogP contribution in [0.1, 0.15) is 13.8 Å². The second-order valence-electron chi connectivity index (χ2n) is 3.62. The average Bonchev–Trinajstić information content (AvgIpc) is 2.22. The standard InChI is InChI=1S/C9H22BrN3OS/c1-4-12(3)6-8-15(11,14)9-7-13(10)5-2/h11H,4-9H2,1-3H3. The van der Waals surface area contributed by atoms with Crippen molar-refractivity contribution in [1.82, 2.24) is 8.83 Å². The summed E-state index contributed by atoms with van der Waals surface area (Å²) in [6.07, 6.45) is 0. The van der Waals surface area contributed by atoms with Crippen LogP contribution in [0, 0.1) is 4.78 Å². The first-order valence-electron chi connectivity index (χ1n) is 5.24. The maximum atomic E-state index is 11.8. The minimum absolute atomic E-state index is 0.448. The molecule has 0 aromatic rings. The lowest BCUT2D eigenvalue weighted by Crippen LogP contribution is -2.28. The molecule has 0 aliphatic carbocycles. The Labute approximate surface area is 102 Å². The monoisotopic (exact) mass is 299 g/mol. The first kappa shape index (κ1) is 15.3. The van der Waals surface area contributed by atoms with E-state index in [-0.39, 0.29) is 0 Å². The predicted molar refractivity (Wildman–Crippen MR) is 69.9 cm³/mol. The quantitative estimate of drug-likeness (QED) is 0.693. The van der Waals surface area contributed by atoms with Crippen molar-refractivity contribution in [3.05, 3.63) is 0 Å². The van der Waals surface area contributed by atoms with E-state index in [9.17, 15) is 4.21 Å². The molecule has 0 radical (unpaired) electrons. The number of rotatable bonds is 8. The second kappa shape index (κ2) is 7.60. The van der Waals surface area contributed by atoms with E-state index in [1.54, 1.807) is 0 Å². The van der Waals surface area contributed by atoms with E-state index in [4.69, 9.17) is 4.78 Å². The number of halogens is 1. The van der Waals surface area contributed by atoms with Crippen LogP contribution in [-0.2, 0) is 9.73 Å². The van der Waals surface area contributed by atoms with Gasteiger partial charge in [-0.15, -0.1) is 0 Å². The van der Waals surface area contributed by atoms with Crippen molar-refractivity contribution < 1.29 is 4.21 Å². The van der Waals surface area contributed by atoms with Crippen molar-refractivity contribution in [3.8, 4) is 0 Å². The number of hydrogen-bond acceptors (Lipinski definition) is 4. The van der Waals surface area contributed by atoms with Gasteiger partial charge in [0.1, 0.15) is 0 Å². The van der Waals surface area contributed by atoms with Gasteiger partial charge in [0.25, 0.3) is 0 Å². The molecule has 92 valence electrons. The summed E-state index contributed by atoms with van der Waals surface area (Å²) in [5, 5.41) is 0. The summed E-state index contributed by atoms with van der Waals surface area (Å²) >= 11 is 3.34. The molecular formula is C9H22BrN3OS. The Hall–Kier alpha value is 0.350. The van der Waals surface area contributed by atoms with Gasteiger partial charge >= 0.3 is 0 Å².